The van der Waals surface area contributed by atoms with Gasteiger partial charge in [-0.25, -0.2) is 0 Å². The lowest BCUT2D eigenvalue weighted by Crippen LogP contribution is -2.54. The summed E-state index contributed by atoms with van der Waals surface area (Å²) in [5, 5.41) is 2.60. The second-order valence-corrected chi connectivity index (χ2v) is 5.84. The van der Waals surface area contributed by atoms with Crippen LogP contribution in [0.4, 0.5) is 4.79 Å². The lowest BCUT2D eigenvalue weighted by molar-refractivity contribution is -0.136. The highest BCUT2D eigenvalue weighted by Gasteiger charge is 2.36. The van der Waals surface area contributed by atoms with Crippen molar-refractivity contribution in [3.63, 3.8) is 0 Å². The number of piperidine rings is 1. The van der Waals surface area contributed by atoms with E-state index in [2.05, 4.69) is 12.2 Å². The molecule has 2 rings (SSSR count). The summed E-state index contributed by atoms with van der Waals surface area (Å²) in [4.78, 5) is 25.2. The molecule has 3 unspecified atom stereocenters. The Morgan fingerprint density at radius 3 is 3.00 bits per heavy atom. The van der Waals surface area contributed by atoms with Crippen molar-refractivity contribution in [2.75, 3.05) is 18.8 Å². The summed E-state index contributed by atoms with van der Waals surface area (Å²) in [6, 6.07) is -0.219. The zero-order valence-corrected chi connectivity index (χ0v) is 10.8. The minimum absolute atomic E-state index is 0.0331. The Hall–Kier alpha value is -0.750. The lowest BCUT2D eigenvalue weighted by Gasteiger charge is -2.39. The third kappa shape index (κ3) is 2.74. The van der Waals surface area contributed by atoms with Gasteiger partial charge in [0, 0.05) is 24.9 Å². The van der Waals surface area contributed by atoms with Crippen molar-refractivity contribution in [1.82, 2.24) is 10.2 Å². The maximum Gasteiger partial charge on any atom is 0.279 e. The second kappa shape index (κ2) is 5.27. The summed E-state index contributed by atoms with van der Waals surface area (Å²) < 4.78 is 0. The van der Waals surface area contributed by atoms with Crippen LogP contribution < -0.4 is 11.1 Å². The molecule has 0 aliphatic carbocycles. The fourth-order valence-corrected chi connectivity index (χ4v) is 3.25. The number of hydrogen-bond acceptors (Lipinski definition) is 4. The van der Waals surface area contributed by atoms with Crippen LogP contribution in [0.25, 0.3) is 0 Å². The van der Waals surface area contributed by atoms with Crippen LogP contribution in [-0.2, 0) is 4.79 Å². The highest BCUT2D eigenvalue weighted by molar-refractivity contribution is 8.14. The molecule has 17 heavy (non-hydrogen) atoms. The lowest BCUT2D eigenvalue weighted by atomic mass is 9.92. The number of rotatable bonds is 2. The molecule has 0 aromatic carbocycles. The summed E-state index contributed by atoms with van der Waals surface area (Å²) >= 11 is 1.18. The summed E-state index contributed by atoms with van der Waals surface area (Å²) in [5.41, 5.74) is 5.73. The number of amides is 2. The Balaban J connectivity index is 2.00. The average molecular weight is 257 g/mol. The highest BCUT2D eigenvalue weighted by atomic mass is 32.2. The molecule has 0 aromatic heterocycles. The SMILES string of the molecule is CC1CCN(C(=O)C2CSC(=O)N2)C(CN)C1. The Morgan fingerprint density at radius 1 is 1.65 bits per heavy atom. The summed E-state index contributed by atoms with van der Waals surface area (Å²) in [5.74, 6) is 1.20. The largest absolute Gasteiger partial charge is 0.337 e. The van der Waals surface area contributed by atoms with E-state index in [4.69, 9.17) is 5.73 Å². The molecule has 3 N–H and O–H groups in total. The Kier molecular flexibility index (Phi) is 3.93. The third-order valence-electron chi connectivity index (χ3n) is 3.50. The second-order valence-electron chi connectivity index (χ2n) is 4.85. The van der Waals surface area contributed by atoms with Crippen LogP contribution >= 0.6 is 11.8 Å². The topological polar surface area (TPSA) is 75.4 Å². The van der Waals surface area contributed by atoms with Crippen LogP contribution in [0.5, 0.6) is 0 Å². The van der Waals surface area contributed by atoms with Gasteiger partial charge in [-0.05, 0) is 18.8 Å². The van der Waals surface area contributed by atoms with Crippen LogP contribution in [-0.4, -0.2) is 47.0 Å². The van der Waals surface area contributed by atoms with E-state index in [1.165, 1.54) is 11.8 Å². The third-order valence-corrected chi connectivity index (χ3v) is 4.38. The number of nitrogens with one attached hydrogen (secondary N) is 1. The molecule has 0 saturated carbocycles. The molecule has 0 spiro atoms. The van der Waals surface area contributed by atoms with Crippen LogP contribution in [0.2, 0.25) is 0 Å². The van der Waals surface area contributed by atoms with Gasteiger partial charge in [-0.3, -0.25) is 9.59 Å². The van der Waals surface area contributed by atoms with E-state index in [1.54, 1.807) is 0 Å². The maximum absolute atomic E-state index is 12.3. The van der Waals surface area contributed by atoms with Gasteiger partial charge in [-0.15, -0.1) is 0 Å². The molecule has 2 aliphatic heterocycles. The molecule has 2 aliphatic rings. The number of carbonyl (C=O) groups is 2. The van der Waals surface area contributed by atoms with Crippen molar-refractivity contribution >= 4 is 22.9 Å². The van der Waals surface area contributed by atoms with E-state index in [0.717, 1.165) is 19.4 Å². The first-order chi connectivity index (χ1) is 8.11. The van der Waals surface area contributed by atoms with Gasteiger partial charge in [0.05, 0.1) is 0 Å². The normalized spacial score (nSPS) is 33.6. The fraction of sp³-hybridized carbons (Fsp3) is 0.818. The van der Waals surface area contributed by atoms with Gasteiger partial charge in [-0.2, -0.15) is 0 Å². The van der Waals surface area contributed by atoms with Crippen molar-refractivity contribution < 1.29 is 9.59 Å². The van der Waals surface area contributed by atoms with E-state index in [1.807, 2.05) is 4.90 Å². The Labute approximate surface area is 105 Å². The van der Waals surface area contributed by atoms with Gasteiger partial charge in [-0.1, -0.05) is 18.7 Å². The molecule has 96 valence electrons. The van der Waals surface area contributed by atoms with Crippen LogP contribution in [0.15, 0.2) is 0 Å². The molecule has 0 bridgehead atoms. The molecule has 3 atom stereocenters. The molecule has 5 nitrogen and oxygen atoms in total. The number of nitrogens with zero attached hydrogens (tertiary/aromatic N) is 1. The zero-order chi connectivity index (χ0) is 12.4. The summed E-state index contributed by atoms with van der Waals surface area (Å²) in [6.45, 7) is 3.46. The first kappa shape index (κ1) is 12.7. The van der Waals surface area contributed by atoms with Crippen LogP contribution in [0.1, 0.15) is 19.8 Å². The predicted octanol–water partition coefficient (Wildman–Crippen LogP) is 0.397. The van der Waals surface area contributed by atoms with E-state index >= 15 is 0 Å². The molecule has 2 fully saturated rings. The Bertz CT molecular complexity index is 324. The van der Waals surface area contributed by atoms with Gasteiger partial charge >= 0.3 is 0 Å². The number of carbonyl (C=O) groups excluding carboxylic acids is 2. The average Bonchev–Trinajstić information content (AvgIpc) is 2.75. The van der Waals surface area contributed by atoms with Crippen molar-refractivity contribution in [2.45, 2.75) is 31.8 Å². The molecular formula is C11H19N3O2S. The molecule has 0 radical (unpaired) electrons. The van der Waals surface area contributed by atoms with Crippen molar-refractivity contribution in [3.05, 3.63) is 0 Å². The predicted molar refractivity (Wildman–Crippen MR) is 67.7 cm³/mol. The quantitative estimate of drug-likeness (QED) is 0.750. The monoisotopic (exact) mass is 257 g/mol. The molecule has 2 heterocycles. The minimum atomic E-state index is -0.352. The molecule has 6 heteroatoms. The van der Waals surface area contributed by atoms with Crippen molar-refractivity contribution in [1.29, 1.82) is 0 Å². The van der Waals surface area contributed by atoms with E-state index < -0.39 is 0 Å². The standard InChI is InChI=1S/C11H19N3O2S/c1-7-2-3-14(8(4-7)5-12)10(15)9-6-17-11(16)13-9/h7-9H,2-6,12H2,1H3,(H,13,16). The number of hydrogen-bond donors (Lipinski definition) is 2. The maximum atomic E-state index is 12.3. The van der Waals surface area contributed by atoms with Gasteiger partial charge in [0.2, 0.25) is 5.91 Å². The molecular weight excluding hydrogens is 238 g/mol. The van der Waals surface area contributed by atoms with E-state index in [0.29, 0.717) is 18.2 Å². The van der Waals surface area contributed by atoms with E-state index in [-0.39, 0.29) is 23.2 Å². The Morgan fingerprint density at radius 2 is 2.41 bits per heavy atom. The number of nitrogens with two attached hydrogens (primary N) is 1. The number of likely N-dealkylation sites (tertiary alicyclic amines) is 1. The van der Waals surface area contributed by atoms with Crippen LogP contribution in [0.3, 0.4) is 0 Å². The fourth-order valence-electron chi connectivity index (χ4n) is 2.48. The molecule has 0 aromatic rings. The summed E-state index contributed by atoms with van der Waals surface area (Å²) in [6.07, 6.45) is 1.99. The van der Waals surface area contributed by atoms with Crippen molar-refractivity contribution in [3.8, 4) is 0 Å². The first-order valence-corrected chi connectivity index (χ1v) is 7.04. The van der Waals surface area contributed by atoms with Crippen LogP contribution in [0, 0.1) is 5.92 Å². The van der Waals surface area contributed by atoms with Crippen molar-refractivity contribution in [2.24, 2.45) is 11.7 Å². The van der Waals surface area contributed by atoms with Gasteiger partial charge in [0.15, 0.2) is 0 Å². The number of thioether (sulfide) groups is 1. The molecule has 2 saturated heterocycles. The summed E-state index contributed by atoms with van der Waals surface area (Å²) in [7, 11) is 0. The minimum Gasteiger partial charge on any atom is -0.337 e. The van der Waals surface area contributed by atoms with Gasteiger partial charge < -0.3 is 16.0 Å². The smallest absolute Gasteiger partial charge is 0.279 e. The van der Waals surface area contributed by atoms with Gasteiger partial charge in [0.25, 0.3) is 5.24 Å². The molecule has 2 amide bonds. The highest BCUT2D eigenvalue weighted by Crippen LogP contribution is 2.24. The first-order valence-electron chi connectivity index (χ1n) is 6.05. The zero-order valence-electron chi connectivity index (χ0n) is 10.0. The van der Waals surface area contributed by atoms with E-state index in [9.17, 15) is 9.59 Å². The van der Waals surface area contributed by atoms with Gasteiger partial charge in [0.1, 0.15) is 6.04 Å².